The molecular formula is C35H35BrN2O4. The van der Waals surface area contributed by atoms with Gasteiger partial charge in [0.25, 0.3) is 5.91 Å². The fraction of sp³-hybridized carbons (Fsp3) is 0.257. The summed E-state index contributed by atoms with van der Waals surface area (Å²) in [5.74, 6) is 0.746. The van der Waals surface area contributed by atoms with Crippen LogP contribution in [0, 0.1) is 5.92 Å². The number of carboxylic acid groups (broad SMARTS) is 1. The minimum Gasteiger partial charge on any atom is -0.481 e. The number of carbonyl (C=O) groups is 2. The minimum absolute atomic E-state index is 0.238. The van der Waals surface area contributed by atoms with E-state index in [0.717, 1.165) is 39.3 Å². The molecule has 0 heterocycles. The lowest BCUT2D eigenvalue weighted by Crippen LogP contribution is -2.31. The molecule has 4 aromatic carbocycles. The van der Waals surface area contributed by atoms with Gasteiger partial charge in [0.2, 0.25) is 0 Å². The second kappa shape index (κ2) is 14.2. The molecular weight excluding hydrogens is 592 g/mol. The molecule has 7 heteroatoms. The van der Waals surface area contributed by atoms with Crippen LogP contribution < -0.4 is 15.4 Å². The van der Waals surface area contributed by atoms with Crippen LogP contribution in [0.25, 0.3) is 11.1 Å². The summed E-state index contributed by atoms with van der Waals surface area (Å²) in [4.78, 5) is 25.4. The van der Waals surface area contributed by atoms with Gasteiger partial charge in [-0.1, -0.05) is 95.9 Å². The average Bonchev–Trinajstić information content (AvgIpc) is 3.01. The number of carboxylic acids is 1. The molecule has 1 saturated carbocycles. The summed E-state index contributed by atoms with van der Waals surface area (Å²) < 4.78 is 6.91. The Kier molecular flexibility index (Phi) is 9.93. The molecule has 1 aliphatic carbocycles. The summed E-state index contributed by atoms with van der Waals surface area (Å²) in [6, 6.07) is 29.9. The van der Waals surface area contributed by atoms with Crippen LogP contribution in [0.15, 0.2) is 102 Å². The fourth-order valence-corrected chi connectivity index (χ4v) is 5.83. The van der Waals surface area contributed by atoms with Crippen molar-refractivity contribution in [2.45, 2.75) is 44.6 Å². The molecule has 6 nitrogen and oxygen atoms in total. The monoisotopic (exact) mass is 626 g/mol. The molecule has 0 bridgehead atoms. The second-order valence-electron chi connectivity index (χ2n) is 10.7. The number of halogens is 1. The first kappa shape index (κ1) is 29.4. The van der Waals surface area contributed by atoms with Crippen molar-refractivity contribution < 1.29 is 19.4 Å². The van der Waals surface area contributed by atoms with Crippen molar-refractivity contribution in [1.82, 2.24) is 5.32 Å². The largest absolute Gasteiger partial charge is 0.481 e. The standard InChI is InChI=1S/C35H35BrN2O4/c36-27-19-20-31(37-23-24-9-3-1-4-10-24)30(21-27)35(41)38-32(22-34(39)40)26-17-15-25(16-18-26)29-13-7-8-14-33(29)42-28-11-5-2-6-12-28/h2,5-8,11-21,24,32,37H,1,3-4,9-10,22-23H2,(H,38,41)(H,39,40). The van der Waals surface area contributed by atoms with E-state index in [2.05, 4.69) is 26.6 Å². The van der Waals surface area contributed by atoms with Crippen molar-refractivity contribution in [3.05, 3.63) is 113 Å². The number of nitrogens with one attached hydrogen (secondary N) is 2. The number of hydrogen-bond donors (Lipinski definition) is 3. The number of hydrogen-bond acceptors (Lipinski definition) is 4. The van der Waals surface area contributed by atoms with Crippen LogP contribution in [0.4, 0.5) is 5.69 Å². The minimum atomic E-state index is -0.990. The second-order valence-corrected chi connectivity index (χ2v) is 11.6. The maximum absolute atomic E-state index is 13.6. The van der Waals surface area contributed by atoms with Crippen LogP contribution >= 0.6 is 15.9 Å². The van der Waals surface area contributed by atoms with E-state index >= 15 is 0 Å². The predicted molar refractivity (Wildman–Crippen MR) is 170 cm³/mol. The van der Waals surface area contributed by atoms with Gasteiger partial charge in [0.05, 0.1) is 18.0 Å². The zero-order valence-electron chi connectivity index (χ0n) is 23.4. The fourth-order valence-electron chi connectivity index (χ4n) is 5.47. The molecule has 1 aliphatic rings. The number of ether oxygens (including phenoxy) is 1. The van der Waals surface area contributed by atoms with Crippen LogP contribution in [0.3, 0.4) is 0 Å². The molecule has 5 rings (SSSR count). The Morgan fingerprint density at radius 2 is 1.60 bits per heavy atom. The van der Waals surface area contributed by atoms with Crippen molar-refractivity contribution in [2.24, 2.45) is 5.92 Å². The summed E-state index contributed by atoms with van der Waals surface area (Å²) >= 11 is 3.49. The van der Waals surface area contributed by atoms with Crippen molar-refractivity contribution >= 4 is 33.5 Å². The number of anilines is 1. The third-order valence-electron chi connectivity index (χ3n) is 7.70. The molecule has 1 fully saturated rings. The van der Waals surface area contributed by atoms with Gasteiger partial charge in [0.15, 0.2) is 0 Å². The molecule has 1 unspecified atom stereocenters. The topological polar surface area (TPSA) is 87.7 Å². The van der Waals surface area contributed by atoms with E-state index in [1.54, 1.807) is 6.07 Å². The van der Waals surface area contributed by atoms with Gasteiger partial charge in [-0.15, -0.1) is 0 Å². The zero-order valence-corrected chi connectivity index (χ0v) is 25.0. The Bertz CT molecular complexity index is 1500. The quantitative estimate of drug-likeness (QED) is 0.155. The van der Waals surface area contributed by atoms with Gasteiger partial charge in [0.1, 0.15) is 11.5 Å². The Morgan fingerprint density at radius 3 is 2.33 bits per heavy atom. The molecule has 1 atom stereocenters. The highest BCUT2D eigenvalue weighted by atomic mass is 79.9. The van der Waals surface area contributed by atoms with E-state index in [4.69, 9.17) is 4.74 Å². The molecule has 42 heavy (non-hydrogen) atoms. The molecule has 1 amide bonds. The van der Waals surface area contributed by atoms with E-state index in [1.807, 2.05) is 91.0 Å². The molecule has 0 saturated heterocycles. The Morgan fingerprint density at radius 1 is 0.881 bits per heavy atom. The van der Waals surface area contributed by atoms with Crippen molar-refractivity contribution in [3.63, 3.8) is 0 Å². The van der Waals surface area contributed by atoms with Gasteiger partial charge < -0.3 is 20.5 Å². The summed E-state index contributed by atoms with van der Waals surface area (Å²) in [7, 11) is 0. The Balaban J connectivity index is 1.34. The molecule has 0 aromatic heterocycles. The number of carbonyl (C=O) groups excluding carboxylic acids is 1. The third kappa shape index (κ3) is 7.79. The lowest BCUT2D eigenvalue weighted by molar-refractivity contribution is -0.137. The molecule has 0 radical (unpaired) electrons. The maximum atomic E-state index is 13.6. The maximum Gasteiger partial charge on any atom is 0.305 e. The van der Waals surface area contributed by atoms with E-state index < -0.39 is 12.0 Å². The number of benzene rings is 4. The van der Waals surface area contributed by atoms with Crippen LogP contribution in [-0.2, 0) is 4.79 Å². The van der Waals surface area contributed by atoms with Gasteiger partial charge in [-0.05, 0) is 66.3 Å². The van der Waals surface area contributed by atoms with Gasteiger partial charge >= 0.3 is 5.97 Å². The van der Waals surface area contributed by atoms with Crippen molar-refractivity contribution in [1.29, 1.82) is 0 Å². The first-order valence-electron chi connectivity index (χ1n) is 14.4. The van der Waals surface area contributed by atoms with Crippen LogP contribution in [0.1, 0.15) is 60.5 Å². The first-order chi connectivity index (χ1) is 20.5. The summed E-state index contributed by atoms with van der Waals surface area (Å²) in [6.45, 7) is 0.817. The van der Waals surface area contributed by atoms with Gasteiger partial charge in [-0.2, -0.15) is 0 Å². The highest BCUT2D eigenvalue weighted by Crippen LogP contribution is 2.34. The molecule has 3 N–H and O–H groups in total. The summed E-state index contributed by atoms with van der Waals surface area (Å²) in [5, 5.41) is 16.1. The summed E-state index contributed by atoms with van der Waals surface area (Å²) in [6.07, 6.45) is 5.96. The third-order valence-corrected chi connectivity index (χ3v) is 8.19. The van der Waals surface area contributed by atoms with Crippen LogP contribution in [0.2, 0.25) is 0 Å². The Labute approximate surface area is 255 Å². The lowest BCUT2D eigenvalue weighted by Gasteiger charge is -2.23. The van der Waals surface area contributed by atoms with Crippen LogP contribution in [0.5, 0.6) is 11.5 Å². The van der Waals surface area contributed by atoms with E-state index in [-0.39, 0.29) is 12.3 Å². The highest BCUT2D eigenvalue weighted by molar-refractivity contribution is 9.10. The number of rotatable bonds is 11. The molecule has 216 valence electrons. The number of amides is 1. The number of aliphatic carboxylic acids is 1. The normalized spacial score (nSPS) is 14.1. The van der Waals surface area contributed by atoms with Gasteiger partial charge in [-0.25, -0.2) is 0 Å². The SMILES string of the molecule is O=C(O)CC(NC(=O)c1cc(Br)ccc1NCC1CCCCC1)c1ccc(-c2ccccc2Oc2ccccc2)cc1. The summed E-state index contributed by atoms with van der Waals surface area (Å²) in [5.41, 5.74) is 3.78. The lowest BCUT2D eigenvalue weighted by atomic mass is 9.89. The average molecular weight is 628 g/mol. The van der Waals surface area contributed by atoms with Gasteiger partial charge in [0, 0.05) is 22.3 Å². The molecule has 4 aromatic rings. The van der Waals surface area contributed by atoms with Crippen molar-refractivity contribution in [2.75, 3.05) is 11.9 Å². The molecule has 0 aliphatic heterocycles. The van der Waals surface area contributed by atoms with E-state index in [0.29, 0.717) is 17.0 Å². The zero-order chi connectivity index (χ0) is 29.3. The van der Waals surface area contributed by atoms with Crippen LogP contribution in [-0.4, -0.2) is 23.5 Å². The van der Waals surface area contributed by atoms with E-state index in [1.165, 1.54) is 32.1 Å². The smallest absolute Gasteiger partial charge is 0.305 e. The van der Waals surface area contributed by atoms with Crippen molar-refractivity contribution in [3.8, 4) is 22.6 Å². The predicted octanol–water partition coefficient (Wildman–Crippen LogP) is 8.85. The number of para-hydroxylation sites is 2. The first-order valence-corrected chi connectivity index (χ1v) is 15.2. The molecule has 0 spiro atoms. The van der Waals surface area contributed by atoms with E-state index in [9.17, 15) is 14.7 Å². The van der Waals surface area contributed by atoms with Gasteiger partial charge in [-0.3, -0.25) is 9.59 Å². The Hall–Kier alpha value is -4.10. The highest BCUT2D eigenvalue weighted by Gasteiger charge is 2.22.